The Hall–Kier alpha value is -4.38. The molecule has 5 rings (SSSR count). The van der Waals surface area contributed by atoms with Gasteiger partial charge in [-0.25, -0.2) is 13.8 Å². The highest BCUT2D eigenvalue weighted by Gasteiger charge is 2.23. The van der Waals surface area contributed by atoms with Crippen molar-refractivity contribution in [1.82, 2.24) is 9.97 Å². The van der Waals surface area contributed by atoms with Gasteiger partial charge in [0, 0.05) is 29.0 Å². The SMILES string of the molecule is CC(C)(C)c1cc(-c2cc(-c3ccccc3O)nc(-c3cc(-c4ccccn4)c(F)cc3F)c2)cc(C(C)(C)C)c1. The lowest BCUT2D eigenvalue weighted by atomic mass is 9.79. The second-order valence-corrected chi connectivity index (χ2v) is 12.5. The molecular weight excluding hydrogens is 514 g/mol. The molecule has 41 heavy (non-hydrogen) atoms. The molecule has 0 fully saturated rings. The van der Waals surface area contributed by atoms with Crippen LogP contribution in [0, 0.1) is 11.6 Å². The molecule has 1 N–H and O–H groups in total. The predicted molar refractivity (Wildman–Crippen MR) is 163 cm³/mol. The Morgan fingerprint density at radius 2 is 1.10 bits per heavy atom. The van der Waals surface area contributed by atoms with E-state index in [4.69, 9.17) is 4.98 Å². The van der Waals surface area contributed by atoms with Crippen molar-refractivity contribution >= 4 is 0 Å². The Morgan fingerprint density at radius 1 is 0.561 bits per heavy atom. The number of phenols is 1. The summed E-state index contributed by atoms with van der Waals surface area (Å²) in [5.41, 5.74) is 5.97. The van der Waals surface area contributed by atoms with Crippen LogP contribution < -0.4 is 0 Å². The van der Waals surface area contributed by atoms with E-state index in [0.29, 0.717) is 22.6 Å². The Balaban J connectivity index is 1.80. The molecule has 0 radical (unpaired) electrons. The number of para-hydroxylation sites is 1. The quantitative estimate of drug-likeness (QED) is 0.243. The van der Waals surface area contributed by atoms with Crippen molar-refractivity contribution in [1.29, 1.82) is 0 Å². The van der Waals surface area contributed by atoms with Crippen molar-refractivity contribution in [3.8, 4) is 50.6 Å². The Labute approximate surface area is 240 Å². The van der Waals surface area contributed by atoms with Gasteiger partial charge in [-0.2, -0.15) is 0 Å². The molecule has 0 unspecified atom stereocenters. The van der Waals surface area contributed by atoms with Crippen LogP contribution in [0.1, 0.15) is 52.7 Å². The van der Waals surface area contributed by atoms with Crippen LogP contribution in [0.2, 0.25) is 0 Å². The summed E-state index contributed by atoms with van der Waals surface area (Å²) in [6.07, 6.45) is 1.57. The van der Waals surface area contributed by atoms with Gasteiger partial charge in [0.2, 0.25) is 0 Å². The molecule has 3 aromatic carbocycles. The second kappa shape index (κ2) is 10.5. The molecule has 0 spiro atoms. The highest BCUT2D eigenvalue weighted by atomic mass is 19.1. The van der Waals surface area contributed by atoms with E-state index in [1.54, 1.807) is 42.6 Å². The van der Waals surface area contributed by atoms with E-state index in [1.807, 2.05) is 18.2 Å². The topological polar surface area (TPSA) is 46.0 Å². The van der Waals surface area contributed by atoms with E-state index in [1.165, 1.54) is 17.2 Å². The number of phenolic OH excluding ortho intramolecular Hbond substituents is 1. The van der Waals surface area contributed by atoms with Crippen LogP contribution in [-0.2, 0) is 10.8 Å². The lowest BCUT2D eigenvalue weighted by molar-refractivity contribution is 0.477. The summed E-state index contributed by atoms with van der Waals surface area (Å²) < 4.78 is 30.4. The third kappa shape index (κ3) is 5.90. The maximum absolute atomic E-state index is 15.5. The number of aromatic hydroxyl groups is 1. The van der Waals surface area contributed by atoms with Gasteiger partial charge >= 0.3 is 0 Å². The first-order chi connectivity index (χ1) is 19.3. The number of aromatic nitrogens is 2. The van der Waals surface area contributed by atoms with E-state index >= 15 is 4.39 Å². The van der Waals surface area contributed by atoms with E-state index in [2.05, 4.69) is 64.7 Å². The molecular formula is C36H34F2N2O. The maximum Gasteiger partial charge on any atom is 0.135 e. The summed E-state index contributed by atoms with van der Waals surface area (Å²) >= 11 is 0. The molecule has 3 nitrogen and oxygen atoms in total. The standard InChI is InChI=1S/C36H34F2N2O/c1-35(2,3)24-15-22(16-25(19-24)36(4,5)6)23-17-32(26-11-7-8-13-34(26)41)40-33(18-23)28-20-27(29(37)21-30(28)38)31-12-9-10-14-39-31/h7-21,41H,1-6H3. The van der Waals surface area contributed by atoms with E-state index in [-0.39, 0.29) is 27.7 Å². The largest absolute Gasteiger partial charge is 0.507 e. The van der Waals surface area contributed by atoms with Gasteiger partial charge in [0.05, 0.1) is 17.1 Å². The summed E-state index contributed by atoms with van der Waals surface area (Å²) in [4.78, 5) is 9.05. The van der Waals surface area contributed by atoms with Gasteiger partial charge in [0.25, 0.3) is 0 Å². The monoisotopic (exact) mass is 548 g/mol. The Morgan fingerprint density at radius 3 is 1.66 bits per heavy atom. The first-order valence-electron chi connectivity index (χ1n) is 13.7. The number of pyridine rings is 2. The molecule has 208 valence electrons. The molecule has 2 heterocycles. The minimum absolute atomic E-state index is 0.0654. The van der Waals surface area contributed by atoms with Crippen LogP contribution >= 0.6 is 0 Å². The van der Waals surface area contributed by atoms with Gasteiger partial charge in [0.1, 0.15) is 17.4 Å². The second-order valence-electron chi connectivity index (χ2n) is 12.5. The molecule has 0 bridgehead atoms. The summed E-state index contributed by atoms with van der Waals surface area (Å²) in [6, 6.07) is 24.8. The number of rotatable bonds is 4. The molecule has 0 aliphatic rings. The lowest BCUT2D eigenvalue weighted by Gasteiger charge is -2.26. The predicted octanol–water partition coefficient (Wildman–Crippen LogP) is 9.72. The summed E-state index contributed by atoms with van der Waals surface area (Å²) in [5.74, 6) is -1.36. The highest BCUT2D eigenvalue weighted by Crippen LogP contribution is 2.39. The van der Waals surface area contributed by atoms with Gasteiger partial charge in [-0.05, 0) is 75.5 Å². The summed E-state index contributed by atoms with van der Waals surface area (Å²) in [5, 5.41) is 10.7. The zero-order valence-corrected chi connectivity index (χ0v) is 24.3. The molecule has 0 atom stereocenters. The van der Waals surface area contributed by atoms with Gasteiger partial charge in [-0.3, -0.25) is 4.98 Å². The molecule has 0 aliphatic heterocycles. The van der Waals surface area contributed by atoms with Crippen LogP contribution in [0.5, 0.6) is 5.75 Å². The van der Waals surface area contributed by atoms with Gasteiger partial charge in [-0.1, -0.05) is 77.9 Å². The average molecular weight is 549 g/mol. The third-order valence-electron chi connectivity index (χ3n) is 7.28. The van der Waals surface area contributed by atoms with Crippen molar-refractivity contribution in [2.24, 2.45) is 0 Å². The number of halogens is 2. The van der Waals surface area contributed by atoms with Gasteiger partial charge in [0.15, 0.2) is 0 Å². The molecule has 5 aromatic rings. The fourth-order valence-corrected chi connectivity index (χ4v) is 4.79. The first-order valence-corrected chi connectivity index (χ1v) is 13.7. The van der Waals surface area contributed by atoms with Crippen LogP contribution in [0.15, 0.2) is 91.1 Å². The molecule has 0 saturated heterocycles. The molecule has 5 heteroatoms. The third-order valence-corrected chi connectivity index (χ3v) is 7.28. The Kier molecular flexibility index (Phi) is 7.24. The van der Waals surface area contributed by atoms with Crippen molar-refractivity contribution in [2.45, 2.75) is 52.4 Å². The number of hydrogen-bond donors (Lipinski definition) is 1. The van der Waals surface area contributed by atoms with E-state index in [0.717, 1.165) is 17.2 Å². The van der Waals surface area contributed by atoms with Gasteiger partial charge in [-0.15, -0.1) is 0 Å². The molecule has 0 aliphatic carbocycles. The molecule has 0 amide bonds. The normalized spacial score (nSPS) is 12.0. The van der Waals surface area contributed by atoms with E-state index in [9.17, 15) is 9.50 Å². The first kappa shape index (κ1) is 28.2. The van der Waals surface area contributed by atoms with Crippen molar-refractivity contribution in [3.63, 3.8) is 0 Å². The molecule has 0 saturated carbocycles. The van der Waals surface area contributed by atoms with E-state index < -0.39 is 11.6 Å². The fourth-order valence-electron chi connectivity index (χ4n) is 4.79. The van der Waals surface area contributed by atoms with Crippen LogP contribution in [0.3, 0.4) is 0 Å². The number of hydrogen-bond acceptors (Lipinski definition) is 3. The average Bonchev–Trinajstić information content (AvgIpc) is 2.92. The minimum Gasteiger partial charge on any atom is -0.507 e. The zero-order chi connectivity index (χ0) is 29.5. The molecule has 2 aromatic heterocycles. The maximum atomic E-state index is 15.5. The smallest absolute Gasteiger partial charge is 0.135 e. The summed E-state index contributed by atoms with van der Waals surface area (Å²) in [6.45, 7) is 13.1. The highest BCUT2D eigenvalue weighted by molar-refractivity contribution is 5.80. The minimum atomic E-state index is -0.728. The van der Waals surface area contributed by atoms with Crippen molar-refractivity contribution < 1.29 is 13.9 Å². The van der Waals surface area contributed by atoms with Crippen LogP contribution in [0.25, 0.3) is 44.9 Å². The van der Waals surface area contributed by atoms with Gasteiger partial charge < -0.3 is 5.11 Å². The summed E-state index contributed by atoms with van der Waals surface area (Å²) in [7, 11) is 0. The lowest BCUT2D eigenvalue weighted by Crippen LogP contribution is -2.16. The zero-order valence-electron chi connectivity index (χ0n) is 24.3. The fraction of sp³-hybridized carbons (Fsp3) is 0.222. The van der Waals surface area contributed by atoms with Crippen LogP contribution in [0.4, 0.5) is 8.78 Å². The number of nitrogens with zero attached hydrogens (tertiary/aromatic N) is 2. The van der Waals surface area contributed by atoms with Crippen molar-refractivity contribution in [2.75, 3.05) is 0 Å². The number of benzene rings is 3. The Bertz CT molecular complexity index is 1700. The van der Waals surface area contributed by atoms with Crippen LogP contribution in [-0.4, -0.2) is 15.1 Å². The van der Waals surface area contributed by atoms with Crippen molar-refractivity contribution in [3.05, 3.63) is 114 Å².